The third-order valence-corrected chi connectivity index (χ3v) is 12.9. The van der Waals surface area contributed by atoms with Gasteiger partial charge in [-0.1, -0.05) is 166 Å². The Morgan fingerprint density at radius 1 is 0.339 bits per heavy atom. The van der Waals surface area contributed by atoms with Crippen LogP contribution in [-0.2, 0) is 5.41 Å². The van der Waals surface area contributed by atoms with Crippen molar-refractivity contribution in [2.45, 2.75) is 19.3 Å². The lowest BCUT2D eigenvalue weighted by molar-refractivity contribution is 0.660. The van der Waals surface area contributed by atoms with Gasteiger partial charge in [0.25, 0.3) is 0 Å². The predicted octanol–water partition coefficient (Wildman–Crippen LogP) is 15.8. The smallest absolute Gasteiger partial charge is 0.160 e. The van der Waals surface area contributed by atoms with Crippen LogP contribution in [0.1, 0.15) is 25.0 Å². The predicted molar refractivity (Wildman–Crippen MR) is 257 cm³/mol. The van der Waals surface area contributed by atoms with Gasteiger partial charge in [0.05, 0.1) is 11.4 Å². The maximum Gasteiger partial charge on any atom is 0.160 e. The average Bonchev–Trinajstić information content (AvgIpc) is 3.82. The Balaban J connectivity index is 0.993. The molecule has 0 fully saturated rings. The molecule has 1 aliphatic rings. The molecule has 0 unspecified atom stereocenters. The van der Waals surface area contributed by atoms with E-state index in [-0.39, 0.29) is 5.41 Å². The summed E-state index contributed by atoms with van der Waals surface area (Å²) in [5.74, 6) is 0.687. The van der Waals surface area contributed by atoms with Crippen LogP contribution >= 0.6 is 0 Å². The first-order valence-corrected chi connectivity index (χ1v) is 21.3. The molecule has 3 heteroatoms. The highest BCUT2D eigenvalue weighted by Crippen LogP contribution is 2.49. The van der Waals surface area contributed by atoms with Crippen molar-refractivity contribution in [1.29, 1.82) is 0 Å². The van der Waals surface area contributed by atoms with Gasteiger partial charge in [0.15, 0.2) is 5.82 Å². The summed E-state index contributed by atoms with van der Waals surface area (Å²) >= 11 is 0. The van der Waals surface area contributed by atoms with E-state index in [0.29, 0.717) is 5.82 Å². The van der Waals surface area contributed by atoms with Gasteiger partial charge in [-0.25, -0.2) is 9.97 Å². The summed E-state index contributed by atoms with van der Waals surface area (Å²) in [5.41, 5.74) is 18.8. The normalized spacial score (nSPS) is 12.8. The lowest BCUT2D eigenvalue weighted by atomic mass is 9.81. The van der Waals surface area contributed by atoms with Crippen LogP contribution in [0.15, 0.2) is 211 Å². The lowest BCUT2D eigenvalue weighted by Crippen LogP contribution is -2.14. The van der Waals surface area contributed by atoms with E-state index in [4.69, 9.17) is 14.4 Å². The van der Waals surface area contributed by atoms with Gasteiger partial charge in [0.2, 0.25) is 0 Å². The zero-order valence-electron chi connectivity index (χ0n) is 34.4. The second-order valence-corrected chi connectivity index (χ2v) is 17.0. The fourth-order valence-electron chi connectivity index (χ4n) is 9.56. The molecule has 0 aliphatic heterocycles. The molecule has 11 aromatic rings. The molecule has 0 amide bonds. The van der Waals surface area contributed by atoms with Gasteiger partial charge in [0.1, 0.15) is 11.2 Å². The van der Waals surface area contributed by atoms with Crippen molar-refractivity contribution >= 4 is 32.7 Å². The van der Waals surface area contributed by atoms with E-state index >= 15 is 0 Å². The van der Waals surface area contributed by atoms with E-state index in [0.717, 1.165) is 72.3 Å². The molecule has 0 bridgehead atoms. The van der Waals surface area contributed by atoms with Crippen molar-refractivity contribution in [2.24, 2.45) is 0 Å². The number of fused-ring (bicyclic) bond motifs is 7. The summed E-state index contributed by atoms with van der Waals surface area (Å²) in [4.78, 5) is 10.5. The molecular weight excluding hydrogens is 753 g/mol. The molecule has 9 aromatic carbocycles. The highest BCUT2D eigenvalue weighted by Gasteiger charge is 2.35. The Hall–Kier alpha value is -7.88. The maximum atomic E-state index is 6.23. The zero-order chi connectivity index (χ0) is 41.4. The van der Waals surface area contributed by atoms with E-state index in [1.54, 1.807) is 0 Å². The molecule has 0 N–H and O–H groups in total. The average molecular weight is 793 g/mol. The van der Waals surface area contributed by atoms with Crippen molar-refractivity contribution < 1.29 is 4.42 Å². The monoisotopic (exact) mass is 792 g/mol. The standard InChI is InChI=1S/C59H40N2O/c1-59(2)52-18-10-8-16-48(52)49-28-26-44(35-53(49)59)38-20-23-39(24-21-38)54-36-55(61-58(60-54)40-13-4-3-5-14-40)47-32-45(42-25-22-37-12-6-7-15-41(37)30-42)31-46(33-47)43-27-29-57-51(34-43)50-17-9-11-19-56(50)62-57/h3-36H,1-2H3. The largest absolute Gasteiger partial charge is 0.456 e. The maximum absolute atomic E-state index is 6.23. The number of benzene rings is 9. The highest BCUT2D eigenvalue weighted by atomic mass is 16.3. The number of para-hydroxylation sites is 1. The number of hydrogen-bond acceptors (Lipinski definition) is 3. The van der Waals surface area contributed by atoms with Gasteiger partial charge in [-0.2, -0.15) is 0 Å². The molecule has 0 spiro atoms. The summed E-state index contributed by atoms with van der Waals surface area (Å²) in [6.07, 6.45) is 0. The molecular formula is C59H40N2O. The quantitative estimate of drug-likeness (QED) is 0.168. The molecule has 0 saturated carbocycles. The number of furan rings is 1. The summed E-state index contributed by atoms with van der Waals surface area (Å²) in [6, 6.07) is 73.9. The van der Waals surface area contributed by atoms with Crippen molar-refractivity contribution in [3.8, 4) is 78.4 Å². The molecule has 2 aromatic heterocycles. The first-order valence-electron chi connectivity index (χ1n) is 21.3. The molecule has 0 saturated heterocycles. The highest BCUT2D eigenvalue weighted by molar-refractivity contribution is 6.06. The first kappa shape index (κ1) is 36.0. The minimum Gasteiger partial charge on any atom is -0.456 e. The van der Waals surface area contributed by atoms with E-state index in [2.05, 4.69) is 190 Å². The van der Waals surface area contributed by atoms with Crippen LogP contribution in [0.2, 0.25) is 0 Å². The van der Waals surface area contributed by atoms with Gasteiger partial charge in [-0.3, -0.25) is 0 Å². The Morgan fingerprint density at radius 3 is 1.76 bits per heavy atom. The van der Waals surface area contributed by atoms with E-state index in [1.165, 1.54) is 44.2 Å². The van der Waals surface area contributed by atoms with Gasteiger partial charge in [-0.15, -0.1) is 0 Å². The Labute approximate surface area is 360 Å². The van der Waals surface area contributed by atoms with E-state index < -0.39 is 0 Å². The van der Waals surface area contributed by atoms with Gasteiger partial charge in [-0.05, 0) is 121 Å². The van der Waals surface area contributed by atoms with Crippen LogP contribution in [0.25, 0.3) is 111 Å². The summed E-state index contributed by atoms with van der Waals surface area (Å²) < 4.78 is 6.23. The van der Waals surface area contributed by atoms with Crippen molar-refractivity contribution in [3.63, 3.8) is 0 Å². The fourth-order valence-corrected chi connectivity index (χ4v) is 9.56. The second kappa shape index (κ2) is 14.1. The van der Waals surface area contributed by atoms with Gasteiger partial charge >= 0.3 is 0 Å². The Kier molecular flexibility index (Phi) is 8.20. The second-order valence-electron chi connectivity index (χ2n) is 17.0. The van der Waals surface area contributed by atoms with Crippen molar-refractivity contribution in [3.05, 3.63) is 217 Å². The Bertz CT molecular complexity index is 3540. The minimum atomic E-state index is -0.0566. The van der Waals surface area contributed by atoms with Crippen LogP contribution in [0, 0.1) is 0 Å². The molecule has 12 rings (SSSR count). The molecule has 0 atom stereocenters. The molecule has 3 nitrogen and oxygen atoms in total. The number of aromatic nitrogens is 2. The molecule has 2 heterocycles. The Morgan fingerprint density at radius 2 is 0.919 bits per heavy atom. The number of rotatable bonds is 6. The van der Waals surface area contributed by atoms with Gasteiger partial charge < -0.3 is 4.42 Å². The molecule has 62 heavy (non-hydrogen) atoms. The zero-order valence-corrected chi connectivity index (χ0v) is 34.4. The van der Waals surface area contributed by atoms with Gasteiger partial charge in [0, 0.05) is 32.9 Å². The molecule has 0 radical (unpaired) electrons. The van der Waals surface area contributed by atoms with Crippen LogP contribution < -0.4 is 0 Å². The topological polar surface area (TPSA) is 38.9 Å². The summed E-state index contributed by atoms with van der Waals surface area (Å²) in [6.45, 7) is 4.67. The first-order chi connectivity index (χ1) is 30.4. The number of hydrogen-bond donors (Lipinski definition) is 0. The summed E-state index contributed by atoms with van der Waals surface area (Å²) in [7, 11) is 0. The third kappa shape index (κ3) is 6.04. The molecule has 1 aliphatic carbocycles. The van der Waals surface area contributed by atoms with Crippen LogP contribution in [0.3, 0.4) is 0 Å². The number of nitrogens with zero attached hydrogens (tertiary/aromatic N) is 2. The fraction of sp³-hybridized carbons (Fsp3) is 0.0508. The third-order valence-electron chi connectivity index (χ3n) is 12.9. The van der Waals surface area contributed by atoms with Crippen LogP contribution in [0.5, 0.6) is 0 Å². The SMILES string of the molecule is CC1(C)c2ccccc2-c2ccc(-c3ccc(-c4cc(-c5cc(-c6ccc7ccccc7c6)cc(-c6ccc7oc8ccccc8c7c6)c5)nc(-c5ccccc5)n4)cc3)cc21. The van der Waals surface area contributed by atoms with E-state index in [1.807, 2.05) is 30.3 Å². The van der Waals surface area contributed by atoms with Crippen molar-refractivity contribution in [1.82, 2.24) is 9.97 Å². The van der Waals surface area contributed by atoms with E-state index in [9.17, 15) is 0 Å². The summed E-state index contributed by atoms with van der Waals surface area (Å²) in [5, 5.41) is 4.63. The van der Waals surface area contributed by atoms with Crippen LogP contribution in [-0.4, -0.2) is 9.97 Å². The van der Waals surface area contributed by atoms with Crippen LogP contribution in [0.4, 0.5) is 0 Å². The lowest BCUT2D eigenvalue weighted by Gasteiger charge is -2.22. The molecule has 292 valence electrons. The minimum absolute atomic E-state index is 0.0566. The van der Waals surface area contributed by atoms with Crippen molar-refractivity contribution in [2.75, 3.05) is 0 Å².